The van der Waals surface area contributed by atoms with Gasteiger partial charge in [0.05, 0.1) is 17.5 Å². The van der Waals surface area contributed by atoms with Crippen LogP contribution in [0.1, 0.15) is 0 Å². The van der Waals surface area contributed by atoms with Crippen molar-refractivity contribution < 1.29 is 0 Å². The molecule has 0 aromatic carbocycles. The first-order valence-electron chi connectivity index (χ1n) is 7.71. The van der Waals surface area contributed by atoms with E-state index in [1.165, 1.54) is 11.3 Å². The first kappa shape index (κ1) is 14.1. The molecule has 7 nitrogen and oxygen atoms in total. The summed E-state index contributed by atoms with van der Waals surface area (Å²) >= 11 is 1.52. The average molecular weight is 347 g/mol. The van der Waals surface area contributed by atoms with Crippen molar-refractivity contribution in [1.29, 1.82) is 0 Å². The van der Waals surface area contributed by atoms with Gasteiger partial charge < -0.3 is 14.9 Å². The molecule has 5 aromatic rings. The predicted molar refractivity (Wildman–Crippen MR) is 99.0 cm³/mol. The highest BCUT2D eigenvalue weighted by atomic mass is 32.1. The van der Waals surface area contributed by atoms with E-state index in [-0.39, 0.29) is 0 Å². The molecule has 0 unspecified atom stereocenters. The number of H-pyrrole nitrogens is 1. The number of imidazole rings is 1. The molecule has 0 aliphatic rings. The van der Waals surface area contributed by atoms with E-state index in [4.69, 9.17) is 0 Å². The molecule has 0 spiro atoms. The van der Waals surface area contributed by atoms with Crippen LogP contribution in [0.15, 0.2) is 48.4 Å². The van der Waals surface area contributed by atoms with Crippen LogP contribution in [0.4, 0.5) is 10.9 Å². The third-order valence-corrected chi connectivity index (χ3v) is 4.78. The topological polar surface area (TPSA) is 84.3 Å². The fourth-order valence-electron chi connectivity index (χ4n) is 2.88. The summed E-state index contributed by atoms with van der Waals surface area (Å²) in [6.45, 7) is 0. The maximum atomic E-state index is 4.66. The van der Waals surface area contributed by atoms with Crippen molar-refractivity contribution in [1.82, 2.24) is 29.5 Å². The van der Waals surface area contributed by atoms with Crippen LogP contribution in [0.5, 0.6) is 0 Å². The molecule has 2 N–H and O–H groups in total. The third-order valence-electron chi connectivity index (χ3n) is 4.02. The fourth-order valence-corrected chi connectivity index (χ4v) is 3.58. The van der Waals surface area contributed by atoms with Gasteiger partial charge in [0.25, 0.3) is 0 Å². The van der Waals surface area contributed by atoms with Gasteiger partial charge in [-0.3, -0.25) is 4.98 Å². The Morgan fingerprint density at radius 1 is 1.12 bits per heavy atom. The van der Waals surface area contributed by atoms with E-state index >= 15 is 0 Å². The number of fused-ring (bicyclic) bond motifs is 3. The van der Waals surface area contributed by atoms with E-state index in [0.29, 0.717) is 5.82 Å². The highest BCUT2D eigenvalue weighted by Crippen LogP contribution is 2.31. The van der Waals surface area contributed by atoms with Crippen LogP contribution in [0.2, 0.25) is 0 Å². The smallest absolute Gasteiger partial charge is 0.188 e. The Kier molecular flexibility index (Phi) is 3.04. The summed E-state index contributed by atoms with van der Waals surface area (Å²) in [6, 6.07) is 7.80. The Hall–Kier alpha value is -3.26. The number of hydrogen-bond acceptors (Lipinski definition) is 6. The number of aryl methyl sites for hydroxylation is 1. The third kappa shape index (κ3) is 2.26. The van der Waals surface area contributed by atoms with E-state index in [0.717, 1.165) is 38.6 Å². The van der Waals surface area contributed by atoms with Gasteiger partial charge in [0.15, 0.2) is 10.9 Å². The van der Waals surface area contributed by atoms with Crippen molar-refractivity contribution in [2.75, 3.05) is 5.32 Å². The number of pyridine rings is 2. The molecule has 0 aliphatic heterocycles. The summed E-state index contributed by atoms with van der Waals surface area (Å²) in [5.74, 6) is 0.687. The molecule has 0 aliphatic carbocycles. The number of nitrogens with one attached hydrogen (secondary N) is 2. The molecule has 0 atom stereocenters. The molecule has 122 valence electrons. The van der Waals surface area contributed by atoms with Gasteiger partial charge in [-0.05, 0) is 18.2 Å². The molecular weight excluding hydrogens is 334 g/mol. The zero-order valence-corrected chi connectivity index (χ0v) is 14.1. The minimum Gasteiger partial charge on any atom is -0.346 e. The molecule has 0 radical (unpaired) electrons. The molecule has 0 amide bonds. The van der Waals surface area contributed by atoms with Crippen LogP contribution < -0.4 is 5.32 Å². The zero-order chi connectivity index (χ0) is 16.8. The van der Waals surface area contributed by atoms with Gasteiger partial charge >= 0.3 is 0 Å². The van der Waals surface area contributed by atoms with E-state index in [1.807, 2.05) is 47.5 Å². The van der Waals surface area contributed by atoms with E-state index in [9.17, 15) is 0 Å². The number of nitrogens with zero attached hydrogens (tertiary/aromatic N) is 5. The highest BCUT2D eigenvalue weighted by molar-refractivity contribution is 7.14. The lowest BCUT2D eigenvalue weighted by Gasteiger charge is -2.05. The maximum absolute atomic E-state index is 4.66. The van der Waals surface area contributed by atoms with Crippen molar-refractivity contribution in [2.24, 2.45) is 7.05 Å². The van der Waals surface area contributed by atoms with Gasteiger partial charge in [-0.15, -0.1) is 11.3 Å². The number of aromatic amines is 1. The molecule has 5 rings (SSSR count). The van der Waals surface area contributed by atoms with Gasteiger partial charge in [-0.2, -0.15) is 0 Å². The minimum absolute atomic E-state index is 0.687. The molecule has 0 saturated heterocycles. The monoisotopic (exact) mass is 347 g/mol. The SMILES string of the molecule is Cn1cnc2c(Nc3nc(-c4ccccn4)cs3)nc3[nH]ccc3c21. The lowest BCUT2D eigenvalue weighted by Crippen LogP contribution is -1.96. The molecule has 5 aromatic heterocycles. The van der Waals surface area contributed by atoms with E-state index in [2.05, 4.69) is 30.2 Å². The number of aromatic nitrogens is 6. The van der Waals surface area contributed by atoms with Crippen LogP contribution in [-0.2, 0) is 7.05 Å². The zero-order valence-electron chi connectivity index (χ0n) is 13.3. The van der Waals surface area contributed by atoms with Crippen molar-refractivity contribution in [2.45, 2.75) is 0 Å². The Morgan fingerprint density at radius 2 is 2.08 bits per heavy atom. The van der Waals surface area contributed by atoms with Gasteiger partial charge in [-0.25, -0.2) is 15.0 Å². The number of anilines is 2. The van der Waals surface area contributed by atoms with Crippen LogP contribution in [0.3, 0.4) is 0 Å². The summed E-state index contributed by atoms with van der Waals surface area (Å²) in [6.07, 6.45) is 5.45. The quantitative estimate of drug-likeness (QED) is 0.520. The van der Waals surface area contributed by atoms with E-state index in [1.54, 1.807) is 12.5 Å². The van der Waals surface area contributed by atoms with E-state index < -0.39 is 0 Å². The molecule has 0 bridgehead atoms. The molecule has 8 heteroatoms. The largest absolute Gasteiger partial charge is 0.346 e. The standard InChI is InChI=1S/C17H13N7S/c1-24-9-20-13-14(24)10-5-7-19-15(10)22-16(13)23-17-21-12(8-25-17)11-4-2-3-6-18-11/h2-9H,1H3,(H2,19,21,22,23). The molecular formula is C17H13N7S. The lowest BCUT2D eigenvalue weighted by molar-refractivity contribution is 0.951. The first-order chi connectivity index (χ1) is 12.3. The van der Waals surface area contributed by atoms with Crippen molar-refractivity contribution in [3.05, 3.63) is 48.4 Å². The predicted octanol–water partition coefficient (Wildman–Crippen LogP) is 3.71. The Labute approximate surface area is 146 Å². The number of rotatable bonds is 3. The highest BCUT2D eigenvalue weighted by Gasteiger charge is 2.15. The minimum atomic E-state index is 0.687. The van der Waals surface area contributed by atoms with Crippen LogP contribution >= 0.6 is 11.3 Å². The lowest BCUT2D eigenvalue weighted by atomic mass is 10.3. The fraction of sp³-hybridized carbons (Fsp3) is 0.0588. The molecule has 0 fully saturated rings. The summed E-state index contributed by atoms with van der Waals surface area (Å²) in [5.41, 5.74) is 4.37. The number of thiazole rings is 1. The molecule has 5 heterocycles. The maximum Gasteiger partial charge on any atom is 0.188 e. The second-order valence-corrected chi connectivity index (χ2v) is 6.49. The second-order valence-electron chi connectivity index (χ2n) is 5.63. The average Bonchev–Trinajstić information content (AvgIpc) is 3.35. The number of hydrogen-bond donors (Lipinski definition) is 2. The van der Waals surface area contributed by atoms with Gasteiger partial charge in [-0.1, -0.05) is 6.07 Å². The Bertz CT molecular complexity index is 1190. The first-order valence-corrected chi connectivity index (χ1v) is 8.59. The van der Waals surface area contributed by atoms with Gasteiger partial charge in [0, 0.05) is 30.2 Å². The van der Waals surface area contributed by atoms with Crippen LogP contribution in [-0.4, -0.2) is 29.5 Å². The van der Waals surface area contributed by atoms with Gasteiger partial charge in [0.2, 0.25) is 0 Å². The van der Waals surface area contributed by atoms with Crippen molar-refractivity contribution in [3.8, 4) is 11.4 Å². The normalized spacial score (nSPS) is 11.4. The van der Waals surface area contributed by atoms with Crippen LogP contribution in [0, 0.1) is 0 Å². The Morgan fingerprint density at radius 3 is 2.96 bits per heavy atom. The summed E-state index contributed by atoms with van der Waals surface area (Å²) in [5, 5.41) is 7.09. The molecule has 0 saturated carbocycles. The summed E-state index contributed by atoms with van der Waals surface area (Å²) in [4.78, 5) is 21.3. The van der Waals surface area contributed by atoms with Crippen molar-refractivity contribution >= 4 is 44.4 Å². The summed E-state index contributed by atoms with van der Waals surface area (Å²) in [7, 11) is 1.98. The van der Waals surface area contributed by atoms with Crippen LogP contribution in [0.25, 0.3) is 33.5 Å². The van der Waals surface area contributed by atoms with Gasteiger partial charge in [0.1, 0.15) is 16.9 Å². The second kappa shape index (κ2) is 5.38. The van der Waals surface area contributed by atoms with Crippen molar-refractivity contribution in [3.63, 3.8) is 0 Å². The molecule has 25 heavy (non-hydrogen) atoms. The summed E-state index contributed by atoms with van der Waals surface area (Å²) < 4.78 is 2.00. The Balaban J connectivity index is 1.59.